The molecular weight excluding hydrogens is 331 g/mol. The third kappa shape index (κ3) is 8.79. The number of alkyl carbamates (subject to hydrolysis) is 1. The molecule has 0 aliphatic carbocycles. The highest BCUT2D eigenvalue weighted by Gasteiger charge is 2.16. The van der Waals surface area contributed by atoms with Crippen molar-refractivity contribution in [1.82, 2.24) is 9.62 Å². The molecule has 0 radical (unpaired) electrons. The zero-order valence-corrected chi connectivity index (χ0v) is 15.6. The fraction of sp³-hybridized carbons (Fsp3) is 0.471. The minimum Gasteiger partial charge on any atom is -0.489 e. The molecule has 0 atom stereocenters. The Morgan fingerprint density at radius 2 is 1.92 bits per heavy atom. The lowest BCUT2D eigenvalue weighted by molar-refractivity contribution is 0.0531. The van der Waals surface area contributed by atoms with E-state index in [-0.39, 0.29) is 13.2 Å². The first-order valence-corrected chi connectivity index (χ1v) is 8.30. The zero-order chi connectivity index (χ0) is 18.2. The molecular formula is C17H25FN2O3S. The summed E-state index contributed by atoms with van der Waals surface area (Å²) >= 11 is 1.60. The Hall–Kier alpha value is -1.73. The van der Waals surface area contributed by atoms with Gasteiger partial charge in [-0.05, 0) is 71.1 Å². The van der Waals surface area contributed by atoms with Crippen LogP contribution in [0.3, 0.4) is 0 Å². The minimum atomic E-state index is -0.591. The Kier molecular flexibility index (Phi) is 8.07. The fourth-order valence-electron chi connectivity index (χ4n) is 1.60. The quantitative estimate of drug-likeness (QED) is 0.748. The number of rotatable bonds is 7. The van der Waals surface area contributed by atoms with Gasteiger partial charge in [0.15, 0.2) is 0 Å². The van der Waals surface area contributed by atoms with Gasteiger partial charge in [-0.1, -0.05) is 0 Å². The third-order valence-electron chi connectivity index (χ3n) is 2.55. The number of nitrogens with zero attached hydrogens (tertiary/aromatic N) is 1. The molecule has 1 aromatic rings. The molecule has 5 nitrogen and oxygen atoms in total. The van der Waals surface area contributed by atoms with Gasteiger partial charge in [0, 0.05) is 17.0 Å². The standard InChI is InChI=1S/C17H25FN2O3S/c1-17(2,3)23-16(21)19-11-13(10-18)12-22-14-6-8-15(9-7-14)24-20(4)5/h6-10H,11-12H2,1-5H3,(H,19,21)/b13-10-. The maximum Gasteiger partial charge on any atom is 0.407 e. The first-order chi connectivity index (χ1) is 11.2. The Morgan fingerprint density at radius 3 is 2.42 bits per heavy atom. The third-order valence-corrected chi connectivity index (χ3v) is 3.40. The molecule has 0 saturated heterocycles. The van der Waals surface area contributed by atoms with E-state index in [1.165, 1.54) is 0 Å². The summed E-state index contributed by atoms with van der Waals surface area (Å²) in [6, 6.07) is 7.50. The van der Waals surface area contributed by atoms with Gasteiger partial charge in [-0.15, -0.1) is 0 Å². The van der Waals surface area contributed by atoms with Crippen LogP contribution in [0.4, 0.5) is 9.18 Å². The van der Waals surface area contributed by atoms with Crippen molar-refractivity contribution >= 4 is 18.0 Å². The second kappa shape index (κ2) is 9.54. The van der Waals surface area contributed by atoms with Crippen LogP contribution < -0.4 is 10.1 Å². The average Bonchev–Trinajstić information content (AvgIpc) is 2.46. The average molecular weight is 356 g/mol. The van der Waals surface area contributed by atoms with Crippen LogP contribution in [0.15, 0.2) is 41.1 Å². The number of amides is 1. The number of hydrogen-bond donors (Lipinski definition) is 1. The fourth-order valence-corrected chi connectivity index (χ4v) is 2.28. The van der Waals surface area contributed by atoms with E-state index in [4.69, 9.17) is 9.47 Å². The highest BCUT2D eigenvalue weighted by Crippen LogP contribution is 2.22. The monoisotopic (exact) mass is 356 g/mol. The lowest BCUT2D eigenvalue weighted by Crippen LogP contribution is -2.34. The summed E-state index contributed by atoms with van der Waals surface area (Å²) in [6.07, 6.45) is -0.153. The summed E-state index contributed by atoms with van der Waals surface area (Å²) in [4.78, 5) is 12.6. The molecule has 0 aromatic heterocycles. The molecule has 1 amide bonds. The van der Waals surface area contributed by atoms with Crippen molar-refractivity contribution in [3.05, 3.63) is 36.2 Å². The molecule has 7 heteroatoms. The number of hydrogen-bond acceptors (Lipinski definition) is 5. The van der Waals surface area contributed by atoms with Crippen molar-refractivity contribution in [1.29, 1.82) is 0 Å². The van der Waals surface area contributed by atoms with Gasteiger partial charge in [0.2, 0.25) is 0 Å². The summed E-state index contributed by atoms with van der Waals surface area (Å²) in [5.41, 5.74) is -0.278. The molecule has 0 bridgehead atoms. The summed E-state index contributed by atoms with van der Waals surface area (Å²) in [5, 5.41) is 2.50. The highest BCUT2D eigenvalue weighted by molar-refractivity contribution is 7.97. The number of halogens is 1. The van der Waals surface area contributed by atoms with Gasteiger partial charge in [0.05, 0.1) is 6.33 Å². The zero-order valence-electron chi connectivity index (χ0n) is 14.8. The van der Waals surface area contributed by atoms with Crippen molar-refractivity contribution in [3.63, 3.8) is 0 Å². The summed E-state index contributed by atoms with van der Waals surface area (Å²) in [7, 11) is 3.93. The van der Waals surface area contributed by atoms with E-state index in [1.54, 1.807) is 32.7 Å². The van der Waals surface area contributed by atoms with Gasteiger partial charge in [0.1, 0.15) is 18.0 Å². The molecule has 134 valence electrons. The molecule has 0 aliphatic heterocycles. The van der Waals surface area contributed by atoms with E-state index in [0.717, 1.165) is 4.90 Å². The van der Waals surface area contributed by atoms with Crippen molar-refractivity contribution in [2.24, 2.45) is 0 Å². The molecule has 1 rings (SSSR count). The maximum absolute atomic E-state index is 12.9. The van der Waals surface area contributed by atoms with Crippen molar-refractivity contribution in [3.8, 4) is 5.75 Å². The molecule has 0 fully saturated rings. The van der Waals surface area contributed by atoms with E-state index in [9.17, 15) is 9.18 Å². The van der Waals surface area contributed by atoms with Crippen LogP contribution in [0.25, 0.3) is 0 Å². The number of nitrogens with one attached hydrogen (secondary N) is 1. The molecule has 0 spiro atoms. The lowest BCUT2D eigenvalue weighted by atomic mass is 10.2. The second-order valence-corrected chi connectivity index (χ2v) is 7.67. The Bertz CT molecular complexity index is 554. The van der Waals surface area contributed by atoms with Gasteiger partial charge in [-0.3, -0.25) is 4.31 Å². The van der Waals surface area contributed by atoms with Crippen molar-refractivity contribution in [2.45, 2.75) is 31.3 Å². The van der Waals surface area contributed by atoms with Crippen LogP contribution in [0.1, 0.15) is 20.8 Å². The van der Waals surface area contributed by atoms with E-state index >= 15 is 0 Å². The molecule has 0 heterocycles. The van der Waals surface area contributed by atoms with E-state index in [0.29, 0.717) is 17.7 Å². The largest absolute Gasteiger partial charge is 0.489 e. The van der Waals surface area contributed by atoms with Gasteiger partial charge in [0.25, 0.3) is 0 Å². The van der Waals surface area contributed by atoms with Crippen LogP contribution in [-0.2, 0) is 4.74 Å². The first-order valence-electron chi connectivity index (χ1n) is 7.53. The van der Waals surface area contributed by atoms with Gasteiger partial charge in [-0.2, -0.15) is 0 Å². The highest BCUT2D eigenvalue weighted by atomic mass is 32.2. The molecule has 0 aliphatic rings. The molecule has 0 unspecified atom stereocenters. The van der Waals surface area contributed by atoms with Crippen LogP contribution in [0.5, 0.6) is 5.75 Å². The van der Waals surface area contributed by atoms with E-state index < -0.39 is 11.7 Å². The van der Waals surface area contributed by atoms with E-state index in [2.05, 4.69) is 5.32 Å². The topological polar surface area (TPSA) is 50.8 Å². The number of carbonyl (C=O) groups is 1. The SMILES string of the molecule is CN(C)Sc1ccc(OC/C(=C\F)CNC(=O)OC(C)(C)C)cc1. The predicted octanol–water partition coefficient (Wildman–Crippen LogP) is 4.01. The number of ether oxygens (including phenoxy) is 2. The van der Waals surface area contributed by atoms with Crippen LogP contribution >= 0.6 is 11.9 Å². The first kappa shape index (κ1) is 20.3. The van der Waals surface area contributed by atoms with E-state index in [1.807, 2.05) is 42.7 Å². The summed E-state index contributed by atoms with van der Waals surface area (Å²) in [5.74, 6) is 0.634. The lowest BCUT2D eigenvalue weighted by Gasteiger charge is -2.20. The Morgan fingerprint density at radius 1 is 1.29 bits per heavy atom. The van der Waals surface area contributed by atoms with Gasteiger partial charge >= 0.3 is 6.09 Å². The second-order valence-electron chi connectivity index (χ2n) is 6.29. The van der Waals surface area contributed by atoms with Crippen LogP contribution in [-0.4, -0.2) is 43.2 Å². The number of benzene rings is 1. The Balaban J connectivity index is 2.42. The summed E-state index contributed by atoms with van der Waals surface area (Å²) in [6.45, 7) is 5.37. The molecule has 24 heavy (non-hydrogen) atoms. The van der Waals surface area contributed by atoms with Crippen molar-refractivity contribution in [2.75, 3.05) is 27.2 Å². The van der Waals surface area contributed by atoms with Crippen LogP contribution in [0.2, 0.25) is 0 Å². The van der Waals surface area contributed by atoms with Crippen LogP contribution in [0, 0.1) is 0 Å². The van der Waals surface area contributed by atoms with Crippen molar-refractivity contribution < 1.29 is 18.7 Å². The number of carbonyl (C=O) groups excluding carboxylic acids is 1. The maximum atomic E-state index is 12.9. The summed E-state index contributed by atoms with van der Waals surface area (Å²) < 4.78 is 25.5. The molecule has 1 aromatic carbocycles. The van der Waals surface area contributed by atoms with Gasteiger partial charge < -0.3 is 14.8 Å². The minimum absolute atomic E-state index is 0.0278. The predicted molar refractivity (Wildman–Crippen MR) is 94.9 cm³/mol. The molecule has 1 N–H and O–H groups in total. The van der Waals surface area contributed by atoms with Gasteiger partial charge in [-0.25, -0.2) is 9.18 Å². The normalized spacial score (nSPS) is 12.2. The Labute approximate surface area is 147 Å². The molecule has 0 saturated carbocycles. The smallest absolute Gasteiger partial charge is 0.407 e.